The second-order valence-corrected chi connectivity index (χ2v) is 7.91. The Morgan fingerprint density at radius 3 is 2.72 bits per heavy atom. The average molecular weight is 372 g/mol. The van der Waals surface area contributed by atoms with Crippen LogP contribution in [0.1, 0.15) is 23.2 Å². The van der Waals surface area contributed by atoms with Crippen molar-refractivity contribution in [3.8, 4) is 0 Å². The number of hydrogen-bond acceptors (Lipinski definition) is 5. The molecule has 2 heterocycles. The minimum atomic E-state index is -4.01. The maximum Gasteiger partial charge on any atom is 0.251 e. The highest BCUT2D eigenvalue weighted by Gasteiger charge is 2.30. The van der Waals surface area contributed by atoms with Crippen molar-refractivity contribution >= 4 is 15.9 Å². The van der Waals surface area contributed by atoms with Crippen LogP contribution in [0, 0.1) is 5.82 Å². The summed E-state index contributed by atoms with van der Waals surface area (Å²) in [6.45, 7) is 1.89. The van der Waals surface area contributed by atoms with Gasteiger partial charge in [-0.25, -0.2) is 12.8 Å². The fraction of sp³-hybridized carbons (Fsp3) is 0.562. The number of sulfonamides is 1. The largest absolute Gasteiger partial charge is 0.379 e. The molecule has 3 rings (SSSR count). The van der Waals surface area contributed by atoms with Crippen molar-refractivity contribution in [2.45, 2.75) is 23.8 Å². The van der Waals surface area contributed by atoms with E-state index in [-0.39, 0.29) is 38.0 Å². The van der Waals surface area contributed by atoms with Crippen molar-refractivity contribution in [3.63, 3.8) is 0 Å². The van der Waals surface area contributed by atoms with Crippen LogP contribution in [-0.4, -0.2) is 64.2 Å². The van der Waals surface area contributed by atoms with Crippen molar-refractivity contribution in [1.82, 2.24) is 9.62 Å². The molecule has 0 radical (unpaired) electrons. The molecule has 0 aromatic heterocycles. The summed E-state index contributed by atoms with van der Waals surface area (Å²) in [5, 5.41) is 2.70. The molecule has 0 bridgehead atoms. The van der Waals surface area contributed by atoms with Gasteiger partial charge < -0.3 is 14.8 Å². The molecular formula is C16H21FN2O5S. The molecule has 1 aromatic rings. The van der Waals surface area contributed by atoms with Gasteiger partial charge in [-0.1, -0.05) is 0 Å². The van der Waals surface area contributed by atoms with E-state index in [1.807, 2.05) is 0 Å². The first-order valence-corrected chi connectivity index (χ1v) is 9.70. The molecule has 1 N–H and O–H groups in total. The van der Waals surface area contributed by atoms with Gasteiger partial charge in [0, 0.05) is 31.8 Å². The van der Waals surface area contributed by atoms with Crippen LogP contribution in [0.5, 0.6) is 0 Å². The monoisotopic (exact) mass is 372 g/mol. The van der Waals surface area contributed by atoms with Gasteiger partial charge in [0.05, 0.1) is 19.3 Å². The highest BCUT2D eigenvalue weighted by Crippen LogP contribution is 2.22. The number of ether oxygens (including phenoxy) is 2. The quantitative estimate of drug-likeness (QED) is 0.825. The highest BCUT2D eigenvalue weighted by molar-refractivity contribution is 7.89. The van der Waals surface area contributed by atoms with E-state index in [0.717, 1.165) is 25.0 Å². The van der Waals surface area contributed by atoms with Crippen LogP contribution in [0.2, 0.25) is 0 Å². The second kappa shape index (κ2) is 7.77. The summed E-state index contributed by atoms with van der Waals surface area (Å²) in [7, 11) is -4.01. The van der Waals surface area contributed by atoms with E-state index in [2.05, 4.69) is 5.32 Å². The predicted molar refractivity (Wildman–Crippen MR) is 87.3 cm³/mol. The Labute approximate surface area is 146 Å². The van der Waals surface area contributed by atoms with E-state index in [1.165, 1.54) is 10.4 Å². The molecule has 138 valence electrons. The third-order valence-corrected chi connectivity index (χ3v) is 6.21. The van der Waals surface area contributed by atoms with Crippen molar-refractivity contribution in [2.75, 3.05) is 39.5 Å². The van der Waals surface area contributed by atoms with Gasteiger partial charge in [0.15, 0.2) is 0 Å². The normalized spacial score (nSPS) is 22.0. The van der Waals surface area contributed by atoms with Crippen molar-refractivity contribution in [1.29, 1.82) is 0 Å². The molecule has 0 saturated carbocycles. The Kier molecular flexibility index (Phi) is 5.67. The smallest absolute Gasteiger partial charge is 0.251 e. The standard InChI is InChI=1S/C16H21FN2O5S/c17-14-4-3-12(16(20)18-11-13-2-1-7-24-13)10-15(14)25(21,22)19-5-8-23-9-6-19/h3-4,10,13H,1-2,5-9,11H2,(H,18,20)/t13-/m1/s1. The lowest BCUT2D eigenvalue weighted by Crippen LogP contribution is -2.41. The molecule has 25 heavy (non-hydrogen) atoms. The summed E-state index contributed by atoms with van der Waals surface area (Å²) in [4.78, 5) is 11.8. The van der Waals surface area contributed by atoms with Gasteiger partial charge in [0.2, 0.25) is 10.0 Å². The van der Waals surface area contributed by atoms with Gasteiger partial charge in [0.25, 0.3) is 5.91 Å². The van der Waals surface area contributed by atoms with E-state index in [1.54, 1.807) is 0 Å². The first-order chi connectivity index (χ1) is 12.0. The third kappa shape index (κ3) is 4.17. The van der Waals surface area contributed by atoms with Crippen LogP contribution in [0.25, 0.3) is 0 Å². The molecule has 0 unspecified atom stereocenters. The number of rotatable bonds is 5. The minimum Gasteiger partial charge on any atom is -0.379 e. The Morgan fingerprint density at radius 2 is 2.04 bits per heavy atom. The lowest BCUT2D eigenvalue weighted by Gasteiger charge is -2.26. The summed E-state index contributed by atoms with van der Waals surface area (Å²) in [5.74, 6) is -1.32. The SMILES string of the molecule is O=C(NC[C@H]1CCCO1)c1ccc(F)c(S(=O)(=O)N2CCOCC2)c1. The zero-order valence-corrected chi connectivity index (χ0v) is 14.6. The maximum atomic E-state index is 14.1. The van der Waals surface area contributed by atoms with E-state index >= 15 is 0 Å². The number of amides is 1. The van der Waals surface area contributed by atoms with Crippen LogP contribution in [0.15, 0.2) is 23.1 Å². The van der Waals surface area contributed by atoms with Crippen LogP contribution in [0.4, 0.5) is 4.39 Å². The number of halogens is 1. The van der Waals surface area contributed by atoms with Crippen LogP contribution < -0.4 is 5.32 Å². The van der Waals surface area contributed by atoms with Gasteiger partial charge >= 0.3 is 0 Å². The fourth-order valence-electron chi connectivity index (χ4n) is 2.88. The number of nitrogens with one attached hydrogen (secondary N) is 1. The van der Waals surface area contributed by atoms with E-state index in [0.29, 0.717) is 13.2 Å². The first-order valence-electron chi connectivity index (χ1n) is 8.26. The van der Waals surface area contributed by atoms with Gasteiger partial charge in [-0.05, 0) is 31.0 Å². The molecule has 2 fully saturated rings. The molecule has 0 aliphatic carbocycles. The van der Waals surface area contributed by atoms with Crippen molar-refractivity contribution in [2.24, 2.45) is 0 Å². The molecule has 9 heteroatoms. The summed E-state index contributed by atoms with van der Waals surface area (Å²) < 4.78 is 51.1. The van der Waals surface area contributed by atoms with Crippen LogP contribution in [-0.2, 0) is 19.5 Å². The molecule has 2 saturated heterocycles. The Balaban J connectivity index is 1.76. The topological polar surface area (TPSA) is 84.9 Å². The molecule has 7 nitrogen and oxygen atoms in total. The first kappa shape index (κ1) is 18.2. The lowest BCUT2D eigenvalue weighted by atomic mass is 10.2. The number of carbonyl (C=O) groups excluding carboxylic acids is 1. The summed E-state index contributed by atoms with van der Waals surface area (Å²) in [5.41, 5.74) is 0.103. The number of hydrogen-bond donors (Lipinski definition) is 1. The zero-order chi connectivity index (χ0) is 17.9. The molecule has 2 aliphatic rings. The number of nitrogens with zero attached hydrogens (tertiary/aromatic N) is 1. The predicted octanol–water partition coefficient (Wildman–Crippen LogP) is 0.755. The summed E-state index contributed by atoms with van der Waals surface area (Å²) >= 11 is 0. The molecule has 0 spiro atoms. The van der Waals surface area contributed by atoms with E-state index in [9.17, 15) is 17.6 Å². The molecule has 1 amide bonds. The summed E-state index contributed by atoms with van der Waals surface area (Å²) in [6, 6.07) is 3.37. The van der Waals surface area contributed by atoms with Gasteiger partial charge in [0.1, 0.15) is 10.7 Å². The van der Waals surface area contributed by atoms with Crippen LogP contribution in [0.3, 0.4) is 0 Å². The van der Waals surface area contributed by atoms with E-state index < -0.39 is 26.6 Å². The van der Waals surface area contributed by atoms with Crippen LogP contribution >= 0.6 is 0 Å². The maximum absolute atomic E-state index is 14.1. The lowest BCUT2D eigenvalue weighted by molar-refractivity contribution is 0.0729. The minimum absolute atomic E-state index is 0.0269. The number of morpholine rings is 1. The number of carbonyl (C=O) groups is 1. The van der Waals surface area contributed by atoms with Crippen molar-refractivity contribution < 1.29 is 27.1 Å². The van der Waals surface area contributed by atoms with Gasteiger partial charge in [-0.2, -0.15) is 4.31 Å². The molecule has 1 aromatic carbocycles. The zero-order valence-electron chi connectivity index (χ0n) is 13.7. The second-order valence-electron chi connectivity index (χ2n) is 6.01. The van der Waals surface area contributed by atoms with Crippen molar-refractivity contribution in [3.05, 3.63) is 29.6 Å². The average Bonchev–Trinajstić information content (AvgIpc) is 3.14. The Hall–Kier alpha value is -1.55. The Morgan fingerprint density at radius 1 is 1.28 bits per heavy atom. The van der Waals surface area contributed by atoms with E-state index in [4.69, 9.17) is 9.47 Å². The van der Waals surface area contributed by atoms with Gasteiger partial charge in [-0.3, -0.25) is 4.79 Å². The molecular weight excluding hydrogens is 351 g/mol. The molecule has 2 aliphatic heterocycles. The third-order valence-electron chi connectivity index (χ3n) is 4.30. The van der Waals surface area contributed by atoms with Gasteiger partial charge in [-0.15, -0.1) is 0 Å². The fourth-order valence-corrected chi connectivity index (χ4v) is 4.38. The summed E-state index contributed by atoms with van der Waals surface area (Å²) in [6.07, 6.45) is 1.81. The number of benzene rings is 1. The highest BCUT2D eigenvalue weighted by atomic mass is 32.2. The Bertz CT molecular complexity index is 728. The molecule has 1 atom stereocenters.